The van der Waals surface area contributed by atoms with E-state index in [1.54, 1.807) is 12.3 Å². The van der Waals surface area contributed by atoms with Gasteiger partial charge in [0.25, 0.3) is 0 Å². The van der Waals surface area contributed by atoms with Crippen LogP contribution in [-0.4, -0.2) is 16.9 Å². The molecule has 1 amide bonds. The third-order valence-electron chi connectivity index (χ3n) is 3.39. The fourth-order valence-corrected chi connectivity index (χ4v) is 2.38. The van der Waals surface area contributed by atoms with Crippen LogP contribution in [0.15, 0.2) is 42.6 Å². The lowest BCUT2D eigenvalue weighted by Crippen LogP contribution is -2.28. The Hall–Kier alpha value is -2.33. The summed E-state index contributed by atoms with van der Waals surface area (Å²) in [7, 11) is 0. The van der Waals surface area contributed by atoms with Gasteiger partial charge < -0.3 is 10.1 Å². The number of aromatic nitrogens is 1. The van der Waals surface area contributed by atoms with Gasteiger partial charge >= 0.3 is 0 Å². The van der Waals surface area contributed by atoms with E-state index < -0.39 is 0 Å². The number of hydrogen-bond donors (Lipinski definition) is 1. The maximum Gasteiger partial charge on any atom is 0.219 e. The van der Waals surface area contributed by atoms with Crippen LogP contribution in [0.4, 0.5) is 0 Å². The Morgan fingerprint density at radius 2 is 2.17 bits per heavy atom. The highest BCUT2D eigenvalue weighted by Gasteiger charge is 2.05. The predicted octanol–water partition coefficient (Wildman–Crippen LogP) is 4.63. The van der Waals surface area contributed by atoms with Crippen LogP contribution < -0.4 is 10.1 Å². The molecule has 1 heterocycles. The van der Waals surface area contributed by atoms with Crippen LogP contribution in [0.5, 0.6) is 11.6 Å². The van der Waals surface area contributed by atoms with Crippen LogP contribution in [0.1, 0.15) is 31.9 Å². The summed E-state index contributed by atoms with van der Waals surface area (Å²) in [6.45, 7) is 5.48. The number of aryl methyl sites for hydroxylation is 1. The number of nitrogens with one attached hydrogen (secondary N) is 1. The second kappa shape index (κ2) is 8.50. The van der Waals surface area contributed by atoms with Gasteiger partial charge in [-0.2, -0.15) is 0 Å². The highest BCUT2D eigenvalue weighted by molar-refractivity contribution is 6.32. The van der Waals surface area contributed by atoms with Crippen molar-refractivity contribution in [2.75, 3.05) is 0 Å². The molecule has 24 heavy (non-hydrogen) atoms. The summed E-state index contributed by atoms with van der Waals surface area (Å²) in [5, 5.41) is 3.36. The Morgan fingerprint density at radius 3 is 2.75 bits per heavy atom. The third-order valence-corrected chi connectivity index (χ3v) is 3.68. The summed E-state index contributed by atoms with van der Waals surface area (Å²) in [5.41, 5.74) is 2.08. The van der Waals surface area contributed by atoms with Crippen LogP contribution in [0.25, 0.3) is 6.08 Å². The summed E-state index contributed by atoms with van der Waals surface area (Å²) in [4.78, 5) is 15.2. The number of rotatable bonds is 6. The van der Waals surface area contributed by atoms with Crippen LogP contribution in [0.3, 0.4) is 0 Å². The second-order valence-electron chi connectivity index (χ2n) is 5.50. The van der Waals surface area contributed by atoms with Crippen molar-refractivity contribution in [3.05, 3.63) is 58.8 Å². The number of amides is 1. The quantitative estimate of drug-likeness (QED) is 0.831. The molecule has 4 nitrogen and oxygen atoms in total. The van der Waals surface area contributed by atoms with E-state index in [2.05, 4.69) is 17.2 Å². The van der Waals surface area contributed by atoms with Crippen LogP contribution in [0.2, 0.25) is 5.02 Å². The van der Waals surface area contributed by atoms with E-state index in [-0.39, 0.29) is 11.9 Å². The Kier molecular flexibility index (Phi) is 6.38. The van der Waals surface area contributed by atoms with Crippen molar-refractivity contribution in [2.24, 2.45) is 0 Å². The van der Waals surface area contributed by atoms with Gasteiger partial charge in [-0.1, -0.05) is 36.7 Å². The maximum absolute atomic E-state index is 11.0. The zero-order chi connectivity index (χ0) is 17.5. The minimum absolute atomic E-state index is 0.0330. The van der Waals surface area contributed by atoms with E-state index in [1.165, 1.54) is 6.92 Å². The monoisotopic (exact) mass is 344 g/mol. The topological polar surface area (TPSA) is 51.2 Å². The first-order valence-electron chi connectivity index (χ1n) is 7.85. The number of halogens is 1. The summed E-state index contributed by atoms with van der Waals surface area (Å²) in [5.74, 6) is 1.01. The zero-order valence-electron chi connectivity index (χ0n) is 14.0. The Labute approximate surface area is 147 Å². The highest BCUT2D eigenvalue weighted by atomic mass is 35.5. The lowest BCUT2D eigenvalue weighted by atomic mass is 10.2. The molecule has 0 aliphatic carbocycles. The smallest absolute Gasteiger partial charge is 0.219 e. The molecule has 2 rings (SSSR count). The van der Waals surface area contributed by atoms with Gasteiger partial charge in [-0.25, -0.2) is 4.98 Å². The molecule has 2 aromatic rings. The Bertz CT molecular complexity index is 727. The molecule has 0 saturated heterocycles. The van der Waals surface area contributed by atoms with E-state index in [0.29, 0.717) is 16.7 Å². The van der Waals surface area contributed by atoms with Gasteiger partial charge in [-0.3, -0.25) is 4.79 Å². The first kappa shape index (κ1) is 18.0. The van der Waals surface area contributed by atoms with Crippen molar-refractivity contribution in [3.8, 4) is 11.6 Å². The summed E-state index contributed by atoms with van der Waals surface area (Å²) >= 11 is 6.22. The molecule has 0 aliphatic rings. The van der Waals surface area contributed by atoms with E-state index in [4.69, 9.17) is 16.3 Å². The SMILES string of the molecule is CCc1ccc(Oc2ccc(/C=C/[C@H](C)NC(C)=O)cn2)c(Cl)c1. The molecule has 0 saturated carbocycles. The van der Waals surface area contributed by atoms with Crippen molar-refractivity contribution in [2.45, 2.75) is 33.2 Å². The highest BCUT2D eigenvalue weighted by Crippen LogP contribution is 2.29. The molecule has 0 unspecified atom stereocenters. The van der Waals surface area contributed by atoms with Crippen molar-refractivity contribution in [1.29, 1.82) is 0 Å². The summed E-state index contributed by atoms with van der Waals surface area (Å²) < 4.78 is 5.72. The van der Waals surface area contributed by atoms with E-state index >= 15 is 0 Å². The van der Waals surface area contributed by atoms with Crippen molar-refractivity contribution >= 4 is 23.6 Å². The third kappa shape index (κ3) is 5.39. The lowest BCUT2D eigenvalue weighted by Gasteiger charge is -2.08. The maximum atomic E-state index is 11.0. The number of nitrogens with zero attached hydrogens (tertiary/aromatic N) is 1. The van der Waals surface area contributed by atoms with E-state index in [9.17, 15) is 4.79 Å². The van der Waals surface area contributed by atoms with Gasteiger partial charge in [-0.05, 0) is 42.7 Å². The van der Waals surface area contributed by atoms with Gasteiger partial charge in [-0.15, -0.1) is 0 Å². The number of carbonyl (C=O) groups is 1. The van der Waals surface area contributed by atoms with Crippen LogP contribution in [-0.2, 0) is 11.2 Å². The zero-order valence-corrected chi connectivity index (χ0v) is 14.8. The number of hydrogen-bond acceptors (Lipinski definition) is 3. The predicted molar refractivity (Wildman–Crippen MR) is 97.5 cm³/mol. The van der Waals surface area contributed by atoms with E-state index in [0.717, 1.165) is 17.5 Å². The molecular weight excluding hydrogens is 324 g/mol. The fourth-order valence-electron chi connectivity index (χ4n) is 2.13. The van der Waals surface area contributed by atoms with E-state index in [1.807, 2.05) is 43.3 Å². The van der Waals surface area contributed by atoms with Crippen LogP contribution in [0, 0.1) is 0 Å². The largest absolute Gasteiger partial charge is 0.437 e. The number of ether oxygens (including phenoxy) is 1. The van der Waals surface area contributed by atoms with Gasteiger partial charge in [0.1, 0.15) is 5.75 Å². The fraction of sp³-hybridized carbons (Fsp3) is 0.263. The molecule has 1 N–H and O–H groups in total. The van der Waals surface area contributed by atoms with Crippen molar-refractivity contribution in [1.82, 2.24) is 10.3 Å². The Morgan fingerprint density at radius 1 is 1.38 bits per heavy atom. The molecule has 126 valence electrons. The molecule has 1 aromatic carbocycles. The standard InChI is InChI=1S/C19H21ClN2O2/c1-4-15-7-9-18(17(20)11-15)24-19-10-8-16(12-21-19)6-5-13(2)22-14(3)23/h5-13H,4H2,1-3H3,(H,22,23)/b6-5+/t13-/m0/s1. The van der Waals surface area contributed by atoms with Gasteiger partial charge in [0.05, 0.1) is 5.02 Å². The first-order chi connectivity index (χ1) is 11.5. The molecule has 0 radical (unpaired) electrons. The molecule has 0 spiro atoms. The average molecular weight is 345 g/mol. The molecule has 0 aliphatic heterocycles. The number of carbonyl (C=O) groups excluding carboxylic acids is 1. The molecule has 5 heteroatoms. The lowest BCUT2D eigenvalue weighted by molar-refractivity contribution is -0.119. The van der Waals surface area contributed by atoms with Crippen molar-refractivity contribution < 1.29 is 9.53 Å². The summed E-state index contributed by atoms with van der Waals surface area (Å²) in [6, 6.07) is 9.39. The minimum atomic E-state index is -0.0556. The molecule has 0 bridgehead atoms. The van der Waals surface area contributed by atoms with Gasteiger partial charge in [0.2, 0.25) is 11.8 Å². The van der Waals surface area contributed by atoms with Gasteiger partial charge in [0, 0.05) is 25.2 Å². The second-order valence-corrected chi connectivity index (χ2v) is 5.91. The minimum Gasteiger partial charge on any atom is -0.437 e. The average Bonchev–Trinajstić information content (AvgIpc) is 2.55. The molecule has 1 aromatic heterocycles. The van der Waals surface area contributed by atoms with Gasteiger partial charge in [0.15, 0.2) is 0 Å². The normalized spacial score (nSPS) is 12.2. The Balaban J connectivity index is 2.02. The molecular formula is C19H21ClN2O2. The summed E-state index contributed by atoms with van der Waals surface area (Å²) in [6.07, 6.45) is 6.44. The first-order valence-corrected chi connectivity index (χ1v) is 8.23. The molecule has 1 atom stereocenters. The van der Waals surface area contributed by atoms with Crippen LogP contribution >= 0.6 is 11.6 Å². The number of pyridine rings is 1. The number of benzene rings is 1. The van der Waals surface area contributed by atoms with Crippen molar-refractivity contribution in [3.63, 3.8) is 0 Å². The molecule has 0 fully saturated rings.